The van der Waals surface area contributed by atoms with Crippen molar-refractivity contribution in [1.82, 2.24) is 5.32 Å². The Morgan fingerprint density at radius 2 is 1.44 bits per heavy atom. The molecule has 7 nitrogen and oxygen atoms in total. The maximum Gasteiger partial charge on any atom is 0.335 e. The number of hydrogen-bond acceptors (Lipinski definition) is 4. The molecule has 0 bridgehead atoms. The lowest BCUT2D eigenvalue weighted by Gasteiger charge is -2.37. The van der Waals surface area contributed by atoms with Gasteiger partial charge in [0, 0.05) is 5.69 Å². The molecule has 2 N–H and O–H groups in total. The number of carboxylic acid groups (broad SMARTS) is 1. The molecule has 1 unspecified atom stereocenters. The van der Waals surface area contributed by atoms with Crippen molar-refractivity contribution in [1.29, 1.82) is 0 Å². The smallest absolute Gasteiger partial charge is 0.335 e. The average Bonchev–Trinajstić information content (AvgIpc) is 3.28. The van der Waals surface area contributed by atoms with Gasteiger partial charge in [-0.1, -0.05) is 66.7 Å². The molecule has 8 heteroatoms. The fourth-order valence-corrected chi connectivity index (χ4v) is 6.60. The van der Waals surface area contributed by atoms with Crippen molar-refractivity contribution in [2.24, 2.45) is 0 Å². The molecule has 0 spiro atoms. The second kappa shape index (κ2) is 8.98. The summed E-state index contributed by atoms with van der Waals surface area (Å²) in [5, 5.41) is 12.0. The van der Waals surface area contributed by atoms with Gasteiger partial charge < -0.3 is 10.4 Å². The fraction of sp³-hybridized carbons (Fsp3) is 0.0714. The van der Waals surface area contributed by atoms with Crippen molar-refractivity contribution >= 4 is 27.5 Å². The molecule has 1 heterocycles. The van der Waals surface area contributed by atoms with Crippen LogP contribution < -0.4 is 10.2 Å². The van der Waals surface area contributed by atoms with Crippen molar-refractivity contribution in [3.8, 4) is 11.1 Å². The van der Waals surface area contributed by atoms with Gasteiger partial charge in [0.05, 0.1) is 17.0 Å². The van der Waals surface area contributed by atoms with Crippen LogP contribution in [0, 0.1) is 0 Å². The molecule has 5 rings (SSSR count). The van der Waals surface area contributed by atoms with E-state index in [9.17, 15) is 23.1 Å². The first-order valence-electron chi connectivity index (χ1n) is 11.2. The van der Waals surface area contributed by atoms with Crippen molar-refractivity contribution in [3.05, 3.63) is 120 Å². The number of anilines is 1. The standard InChI is InChI=1S/C28H22N2O5S/c31-26(32)21-16-14-20(15-17-21)22-8-7-9-23(18-22)28(36(34,35)25-12-5-2-6-13-25)19-29-27(33)30(28)24-10-3-1-4-11-24/h1-18H,19H2,(H,29,33)(H,31,32). The number of sulfone groups is 1. The second-order valence-electron chi connectivity index (χ2n) is 8.39. The normalized spacial score (nSPS) is 17.6. The average molecular weight is 499 g/mol. The number of carbonyl (C=O) groups excluding carboxylic acids is 1. The molecule has 0 aromatic heterocycles. The number of aromatic carboxylic acids is 1. The molecule has 1 saturated heterocycles. The van der Waals surface area contributed by atoms with Crippen LogP contribution in [0.25, 0.3) is 11.1 Å². The number of para-hydroxylation sites is 1. The number of urea groups is 1. The van der Waals surface area contributed by atoms with Gasteiger partial charge in [-0.25, -0.2) is 18.0 Å². The van der Waals surface area contributed by atoms with Crippen molar-refractivity contribution in [2.75, 3.05) is 11.4 Å². The van der Waals surface area contributed by atoms with E-state index in [1.807, 2.05) is 6.07 Å². The van der Waals surface area contributed by atoms with Gasteiger partial charge in [-0.15, -0.1) is 0 Å². The van der Waals surface area contributed by atoms with Crippen LogP contribution in [0.15, 0.2) is 114 Å². The van der Waals surface area contributed by atoms with E-state index in [1.54, 1.807) is 78.9 Å². The molecule has 4 aromatic rings. The molecule has 1 fully saturated rings. The number of nitrogens with zero attached hydrogens (tertiary/aromatic N) is 1. The summed E-state index contributed by atoms with van der Waals surface area (Å²) >= 11 is 0. The third-order valence-corrected chi connectivity index (χ3v) is 8.68. The number of carboxylic acids is 1. The lowest BCUT2D eigenvalue weighted by molar-refractivity contribution is 0.0697. The minimum Gasteiger partial charge on any atom is -0.478 e. The van der Waals surface area contributed by atoms with Crippen molar-refractivity contribution in [2.45, 2.75) is 9.77 Å². The van der Waals surface area contributed by atoms with E-state index < -0.39 is 26.7 Å². The highest BCUT2D eigenvalue weighted by molar-refractivity contribution is 7.92. The zero-order valence-electron chi connectivity index (χ0n) is 19.0. The predicted octanol–water partition coefficient (Wildman–Crippen LogP) is 4.91. The molecule has 36 heavy (non-hydrogen) atoms. The van der Waals surface area contributed by atoms with Gasteiger partial charge in [0.25, 0.3) is 0 Å². The number of benzene rings is 4. The summed E-state index contributed by atoms with van der Waals surface area (Å²) in [5.74, 6) is -1.03. The molecule has 2 amide bonds. The SMILES string of the molecule is O=C(O)c1ccc(-c2cccc(C3(S(=O)(=O)c4ccccc4)CNC(=O)N3c3ccccc3)c2)cc1. The molecule has 1 aliphatic rings. The van der Waals surface area contributed by atoms with E-state index in [0.29, 0.717) is 16.8 Å². The maximum absolute atomic E-state index is 14.4. The highest BCUT2D eigenvalue weighted by atomic mass is 32.2. The van der Waals surface area contributed by atoms with Crippen LogP contribution in [0.2, 0.25) is 0 Å². The molecule has 0 saturated carbocycles. The van der Waals surface area contributed by atoms with Gasteiger partial charge >= 0.3 is 12.0 Å². The van der Waals surface area contributed by atoms with Crippen LogP contribution in [-0.2, 0) is 14.7 Å². The molecule has 1 aliphatic heterocycles. The Balaban J connectivity index is 1.74. The van der Waals surface area contributed by atoms with Crippen LogP contribution in [-0.4, -0.2) is 32.1 Å². The van der Waals surface area contributed by atoms with E-state index in [-0.39, 0.29) is 17.0 Å². The Bertz CT molecular complexity index is 1540. The van der Waals surface area contributed by atoms with Crippen molar-refractivity contribution in [3.63, 3.8) is 0 Å². The Hall–Kier alpha value is -4.43. The molecular weight excluding hydrogens is 476 g/mol. The maximum atomic E-state index is 14.4. The molecule has 4 aromatic carbocycles. The molecule has 1 atom stereocenters. The summed E-state index contributed by atoms with van der Waals surface area (Å²) in [4.78, 5) is 24.1. The molecule has 0 radical (unpaired) electrons. The zero-order valence-corrected chi connectivity index (χ0v) is 19.9. The molecule has 0 aliphatic carbocycles. The summed E-state index contributed by atoms with van der Waals surface area (Å²) in [6, 6.07) is 29.6. The monoisotopic (exact) mass is 498 g/mol. The largest absolute Gasteiger partial charge is 0.478 e. The first kappa shape index (κ1) is 23.3. The lowest BCUT2D eigenvalue weighted by atomic mass is 9.97. The fourth-order valence-electron chi connectivity index (χ4n) is 4.56. The third-order valence-electron chi connectivity index (χ3n) is 6.33. The van der Waals surface area contributed by atoms with E-state index in [0.717, 1.165) is 5.56 Å². The van der Waals surface area contributed by atoms with Crippen molar-refractivity contribution < 1.29 is 23.1 Å². The molecular formula is C28H22N2O5S. The van der Waals surface area contributed by atoms with Gasteiger partial charge in [-0.3, -0.25) is 4.90 Å². The molecule has 180 valence electrons. The summed E-state index contributed by atoms with van der Waals surface area (Å²) in [5.41, 5.74) is 2.42. The summed E-state index contributed by atoms with van der Waals surface area (Å²) in [7, 11) is -4.14. The minimum absolute atomic E-state index is 0.0960. The predicted molar refractivity (Wildman–Crippen MR) is 136 cm³/mol. The van der Waals surface area contributed by atoms with E-state index >= 15 is 0 Å². The van der Waals surface area contributed by atoms with Gasteiger partial charge in [-0.05, 0) is 59.2 Å². The van der Waals surface area contributed by atoms with Crippen LogP contribution in [0.5, 0.6) is 0 Å². The first-order chi connectivity index (χ1) is 17.3. The number of nitrogens with one attached hydrogen (secondary N) is 1. The van der Waals surface area contributed by atoms with Gasteiger partial charge in [0.2, 0.25) is 9.84 Å². The topological polar surface area (TPSA) is 104 Å². The summed E-state index contributed by atoms with van der Waals surface area (Å²) in [6.45, 7) is -0.153. The van der Waals surface area contributed by atoms with E-state index in [4.69, 9.17) is 0 Å². The number of amides is 2. The van der Waals surface area contributed by atoms with Gasteiger partial charge in [0.15, 0.2) is 4.87 Å². The number of hydrogen-bond donors (Lipinski definition) is 2. The number of carbonyl (C=O) groups is 2. The Labute approximate surface area is 208 Å². The van der Waals surface area contributed by atoms with Gasteiger partial charge in [0.1, 0.15) is 0 Å². The first-order valence-corrected chi connectivity index (χ1v) is 12.7. The Morgan fingerprint density at radius 3 is 2.08 bits per heavy atom. The lowest BCUT2D eigenvalue weighted by Crippen LogP contribution is -2.51. The second-order valence-corrected chi connectivity index (χ2v) is 10.5. The van der Waals surface area contributed by atoms with Crippen LogP contribution in [0.1, 0.15) is 15.9 Å². The number of rotatable bonds is 6. The van der Waals surface area contributed by atoms with Crippen LogP contribution in [0.3, 0.4) is 0 Å². The zero-order chi connectivity index (χ0) is 25.3. The highest BCUT2D eigenvalue weighted by Gasteiger charge is 2.57. The minimum atomic E-state index is -4.14. The highest BCUT2D eigenvalue weighted by Crippen LogP contribution is 2.44. The van der Waals surface area contributed by atoms with E-state index in [2.05, 4.69) is 5.32 Å². The Morgan fingerprint density at radius 1 is 0.806 bits per heavy atom. The van der Waals surface area contributed by atoms with Crippen LogP contribution >= 0.6 is 0 Å². The third kappa shape index (κ3) is 3.72. The van der Waals surface area contributed by atoms with Crippen LogP contribution in [0.4, 0.5) is 10.5 Å². The quantitative estimate of drug-likeness (QED) is 0.393. The Kier molecular flexibility index (Phi) is 5.81. The summed E-state index contributed by atoms with van der Waals surface area (Å²) < 4.78 is 28.7. The van der Waals surface area contributed by atoms with E-state index in [1.165, 1.54) is 29.2 Å². The summed E-state index contributed by atoms with van der Waals surface area (Å²) in [6.07, 6.45) is 0. The van der Waals surface area contributed by atoms with Gasteiger partial charge in [-0.2, -0.15) is 0 Å².